The number of rotatable bonds is 2. The van der Waals surface area contributed by atoms with Crippen LogP contribution in [0.2, 0.25) is 0 Å². The molecule has 0 amide bonds. The standard InChI is InChI=1S/C20H31NO3/c1-14-7-6-8-15(2)12-18-19(17(22)11-14)16(20(23)24-18)13-21-9-4-3-5-10-21/h8,11,16-19,22H,3-7,9-10,12-13H2,1-2H3/b14-11+,15-8-/t16-,17-,18+,19-/m1/s1. The molecule has 0 aromatic heterocycles. The van der Waals surface area contributed by atoms with Crippen molar-refractivity contribution in [3.8, 4) is 0 Å². The van der Waals surface area contributed by atoms with Gasteiger partial charge in [-0.25, -0.2) is 0 Å². The molecule has 4 heteroatoms. The van der Waals surface area contributed by atoms with Crippen molar-refractivity contribution in [2.75, 3.05) is 19.6 Å². The number of esters is 1. The van der Waals surface area contributed by atoms with Gasteiger partial charge in [-0.2, -0.15) is 0 Å². The number of aliphatic hydroxyl groups is 1. The number of carbonyl (C=O) groups is 1. The minimum absolute atomic E-state index is 0.118. The van der Waals surface area contributed by atoms with Gasteiger partial charge in [-0.15, -0.1) is 0 Å². The van der Waals surface area contributed by atoms with E-state index in [9.17, 15) is 9.90 Å². The molecule has 24 heavy (non-hydrogen) atoms. The summed E-state index contributed by atoms with van der Waals surface area (Å²) < 4.78 is 5.73. The van der Waals surface area contributed by atoms with E-state index in [4.69, 9.17) is 4.74 Å². The molecule has 1 N–H and O–H groups in total. The lowest BCUT2D eigenvalue weighted by Gasteiger charge is -2.31. The number of allylic oxidation sites excluding steroid dienone is 2. The van der Waals surface area contributed by atoms with Crippen molar-refractivity contribution in [1.29, 1.82) is 0 Å². The molecular weight excluding hydrogens is 302 g/mol. The van der Waals surface area contributed by atoms with Crippen molar-refractivity contribution in [2.24, 2.45) is 11.8 Å². The lowest BCUT2D eigenvalue weighted by atomic mass is 9.81. The van der Waals surface area contributed by atoms with Gasteiger partial charge in [0.05, 0.1) is 12.0 Å². The summed E-state index contributed by atoms with van der Waals surface area (Å²) in [5, 5.41) is 10.8. The Labute approximate surface area is 145 Å². The summed E-state index contributed by atoms with van der Waals surface area (Å²) in [7, 11) is 0. The molecule has 0 unspecified atom stereocenters. The van der Waals surface area contributed by atoms with E-state index in [2.05, 4.69) is 24.8 Å². The van der Waals surface area contributed by atoms with Crippen LogP contribution in [-0.2, 0) is 9.53 Å². The highest BCUT2D eigenvalue weighted by atomic mass is 16.6. The molecule has 0 spiro atoms. The Morgan fingerprint density at radius 2 is 1.96 bits per heavy atom. The molecular formula is C20H31NO3. The zero-order valence-electron chi connectivity index (χ0n) is 15.0. The third-order valence-corrected chi connectivity index (χ3v) is 5.77. The van der Waals surface area contributed by atoms with Gasteiger partial charge in [-0.1, -0.05) is 29.7 Å². The molecule has 2 heterocycles. The van der Waals surface area contributed by atoms with E-state index in [0.29, 0.717) is 0 Å². The number of nitrogens with zero attached hydrogens (tertiary/aromatic N) is 1. The number of likely N-dealkylation sites (tertiary alicyclic amines) is 1. The van der Waals surface area contributed by atoms with Gasteiger partial charge in [0.25, 0.3) is 0 Å². The normalized spacial score (nSPS) is 40.0. The molecule has 4 atom stereocenters. The summed E-state index contributed by atoms with van der Waals surface area (Å²) in [5.74, 6) is -0.456. The molecule has 3 rings (SSSR count). The SMILES string of the molecule is C/C1=C/CC/C(C)=C/[C@@H](O)[C@@H]2[C@H](C1)OC(=O)[C@@H]2CN1CCCCC1. The smallest absolute Gasteiger partial charge is 0.311 e. The van der Waals surface area contributed by atoms with Gasteiger partial charge in [0.2, 0.25) is 0 Å². The number of hydrogen-bond donors (Lipinski definition) is 1. The summed E-state index contributed by atoms with van der Waals surface area (Å²) in [6, 6.07) is 0. The van der Waals surface area contributed by atoms with Crippen molar-refractivity contribution in [3.05, 3.63) is 23.3 Å². The monoisotopic (exact) mass is 333 g/mol. The maximum Gasteiger partial charge on any atom is 0.311 e. The first-order valence-corrected chi connectivity index (χ1v) is 9.48. The van der Waals surface area contributed by atoms with Crippen LogP contribution in [0.15, 0.2) is 23.3 Å². The van der Waals surface area contributed by atoms with E-state index in [-0.39, 0.29) is 23.9 Å². The molecule has 0 aromatic rings. The fourth-order valence-corrected chi connectivity index (χ4v) is 4.42. The van der Waals surface area contributed by atoms with E-state index >= 15 is 0 Å². The summed E-state index contributed by atoms with van der Waals surface area (Å²) >= 11 is 0. The first-order chi connectivity index (χ1) is 11.5. The van der Waals surface area contributed by atoms with E-state index in [1.807, 2.05) is 6.08 Å². The first-order valence-electron chi connectivity index (χ1n) is 9.48. The lowest BCUT2D eigenvalue weighted by Crippen LogP contribution is -2.41. The van der Waals surface area contributed by atoms with E-state index in [0.717, 1.165) is 38.9 Å². The summed E-state index contributed by atoms with van der Waals surface area (Å²) in [6.07, 6.45) is 9.82. The minimum atomic E-state index is -0.595. The number of aliphatic hydroxyl groups excluding tert-OH is 1. The molecule has 2 saturated heterocycles. The maximum absolute atomic E-state index is 12.5. The Morgan fingerprint density at radius 3 is 2.71 bits per heavy atom. The number of piperidine rings is 1. The van der Waals surface area contributed by atoms with Crippen LogP contribution >= 0.6 is 0 Å². The third kappa shape index (κ3) is 4.09. The molecule has 1 aliphatic carbocycles. The quantitative estimate of drug-likeness (QED) is 0.623. The molecule has 134 valence electrons. The minimum Gasteiger partial charge on any atom is -0.461 e. The van der Waals surface area contributed by atoms with Gasteiger partial charge >= 0.3 is 5.97 Å². The fraction of sp³-hybridized carbons (Fsp3) is 0.750. The van der Waals surface area contributed by atoms with E-state index in [1.54, 1.807) is 0 Å². The molecule has 0 aromatic carbocycles. The second-order valence-corrected chi connectivity index (χ2v) is 7.82. The number of hydrogen-bond acceptors (Lipinski definition) is 4. The summed E-state index contributed by atoms with van der Waals surface area (Å²) in [4.78, 5) is 14.9. The van der Waals surface area contributed by atoms with Crippen LogP contribution in [0.5, 0.6) is 0 Å². The Hall–Kier alpha value is -1.13. The molecule has 2 aliphatic heterocycles. The second kappa shape index (κ2) is 7.83. The average Bonchev–Trinajstić information content (AvgIpc) is 2.83. The van der Waals surface area contributed by atoms with Crippen LogP contribution < -0.4 is 0 Å². The Bertz CT molecular complexity index is 519. The van der Waals surface area contributed by atoms with Gasteiger partial charge in [0.1, 0.15) is 6.10 Å². The van der Waals surface area contributed by atoms with Crippen LogP contribution in [0.1, 0.15) is 52.4 Å². The molecule has 0 bridgehead atoms. The highest BCUT2D eigenvalue weighted by Gasteiger charge is 2.48. The largest absolute Gasteiger partial charge is 0.461 e. The Balaban J connectivity index is 1.81. The van der Waals surface area contributed by atoms with Gasteiger partial charge in [0, 0.05) is 18.9 Å². The molecule has 4 nitrogen and oxygen atoms in total. The van der Waals surface area contributed by atoms with Gasteiger partial charge in [-0.05, 0) is 52.6 Å². The van der Waals surface area contributed by atoms with Crippen molar-refractivity contribution < 1.29 is 14.6 Å². The zero-order chi connectivity index (χ0) is 17.1. The van der Waals surface area contributed by atoms with Crippen LogP contribution in [0, 0.1) is 11.8 Å². The Kier molecular flexibility index (Phi) is 5.77. The summed E-state index contributed by atoms with van der Waals surface area (Å²) in [6.45, 7) is 7.03. The number of fused-ring (bicyclic) bond motifs is 1. The van der Waals surface area contributed by atoms with Crippen molar-refractivity contribution in [3.63, 3.8) is 0 Å². The van der Waals surface area contributed by atoms with Crippen LogP contribution in [0.4, 0.5) is 0 Å². The number of ether oxygens (including phenoxy) is 1. The zero-order valence-corrected chi connectivity index (χ0v) is 15.0. The highest BCUT2D eigenvalue weighted by molar-refractivity contribution is 5.76. The van der Waals surface area contributed by atoms with Crippen molar-refractivity contribution in [1.82, 2.24) is 4.90 Å². The second-order valence-electron chi connectivity index (χ2n) is 7.82. The lowest BCUT2D eigenvalue weighted by molar-refractivity contribution is -0.144. The average molecular weight is 333 g/mol. The predicted molar refractivity (Wildman–Crippen MR) is 94.5 cm³/mol. The van der Waals surface area contributed by atoms with Crippen LogP contribution in [-0.4, -0.2) is 47.8 Å². The van der Waals surface area contributed by atoms with E-state index in [1.165, 1.54) is 30.4 Å². The molecule has 0 radical (unpaired) electrons. The Morgan fingerprint density at radius 1 is 1.21 bits per heavy atom. The molecule has 2 fully saturated rings. The van der Waals surface area contributed by atoms with E-state index < -0.39 is 6.10 Å². The summed E-state index contributed by atoms with van der Waals surface area (Å²) in [5.41, 5.74) is 2.46. The highest BCUT2D eigenvalue weighted by Crippen LogP contribution is 2.37. The molecule has 3 aliphatic rings. The van der Waals surface area contributed by atoms with Crippen LogP contribution in [0.3, 0.4) is 0 Å². The van der Waals surface area contributed by atoms with Crippen molar-refractivity contribution >= 4 is 5.97 Å². The van der Waals surface area contributed by atoms with Crippen LogP contribution in [0.25, 0.3) is 0 Å². The van der Waals surface area contributed by atoms with Gasteiger partial charge < -0.3 is 14.7 Å². The number of carbonyl (C=O) groups excluding carboxylic acids is 1. The van der Waals surface area contributed by atoms with Gasteiger partial charge in [0.15, 0.2) is 0 Å². The first kappa shape index (κ1) is 17.7. The third-order valence-electron chi connectivity index (χ3n) is 5.77. The van der Waals surface area contributed by atoms with Gasteiger partial charge in [-0.3, -0.25) is 4.79 Å². The fourth-order valence-electron chi connectivity index (χ4n) is 4.42. The van der Waals surface area contributed by atoms with Crippen molar-refractivity contribution in [2.45, 2.75) is 64.6 Å². The predicted octanol–water partition coefficient (Wildman–Crippen LogP) is 3.07. The topological polar surface area (TPSA) is 49.8 Å². The molecule has 0 saturated carbocycles. The maximum atomic E-state index is 12.5.